The fourth-order valence-electron chi connectivity index (χ4n) is 2.28. The smallest absolute Gasteiger partial charge is 0.383 e. The van der Waals surface area contributed by atoms with Crippen molar-refractivity contribution < 1.29 is 18.0 Å². The second kappa shape index (κ2) is 5.84. The molecule has 3 N–H and O–H groups in total. The summed E-state index contributed by atoms with van der Waals surface area (Å²) < 4.78 is 38.2. The molecule has 0 atom stereocenters. The van der Waals surface area contributed by atoms with E-state index in [1.54, 1.807) is 30.3 Å². The van der Waals surface area contributed by atoms with E-state index in [0.29, 0.717) is 10.9 Å². The summed E-state index contributed by atoms with van der Waals surface area (Å²) in [6.07, 6.45) is -4.48. The van der Waals surface area contributed by atoms with Crippen molar-refractivity contribution >= 4 is 28.3 Å². The Bertz CT molecular complexity index is 922. The number of anilines is 2. The first-order valence-electron chi connectivity index (χ1n) is 6.98. The van der Waals surface area contributed by atoms with E-state index in [9.17, 15) is 18.0 Å². The second-order valence-corrected chi connectivity index (χ2v) is 5.15. The molecule has 0 aliphatic carbocycles. The van der Waals surface area contributed by atoms with Crippen LogP contribution in [0.5, 0.6) is 0 Å². The van der Waals surface area contributed by atoms with E-state index in [2.05, 4.69) is 10.3 Å². The highest BCUT2D eigenvalue weighted by molar-refractivity contribution is 6.09. The molecule has 1 amide bonds. The molecule has 0 bridgehead atoms. The Balaban J connectivity index is 1.92. The van der Waals surface area contributed by atoms with Crippen LogP contribution < -0.4 is 11.1 Å². The van der Waals surface area contributed by atoms with E-state index >= 15 is 0 Å². The van der Waals surface area contributed by atoms with Crippen LogP contribution in [0.25, 0.3) is 10.9 Å². The molecule has 0 radical (unpaired) electrons. The average Bonchev–Trinajstić information content (AvgIpc) is 2.53. The molecule has 0 unspecified atom stereocenters. The van der Waals surface area contributed by atoms with E-state index in [4.69, 9.17) is 5.73 Å². The number of carbonyl (C=O) groups excluding carboxylic acids is 1. The van der Waals surface area contributed by atoms with E-state index < -0.39 is 17.6 Å². The van der Waals surface area contributed by atoms with E-state index in [-0.39, 0.29) is 17.1 Å². The number of amides is 1. The van der Waals surface area contributed by atoms with Crippen molar-refractivity contribution in [2.75, 3.05) is 11.1 Å². The first kappa shape index (κ1) is 15.8. The number of carbonyl (C=O) groups is 1. The molecule has 0 fully saturated rings. The highest BCUT2D eigenvalue weighted by Crippen LogP contribution is 2.31. The van der Waals surface area contributed by atoms with Gasteiger partial charge in [-0.3, -0.25) is 4.79 Å². The van der Waals surface area contributed by atoms with Gasteiger partial charge in [-0.2, -0.15) is 13.2 Å². The molecule has 0 saturated carbocycles. The summed E-state index contributed by atoms with van der Waals surface area (Å²) in [6, 6.07) is 13.0. The summed E-state index contributed by atoms with van der Waals surface area (Å²) in [5, 5.41) is 3.13. The van der Waals surface area contributed by atoms with Gasteiger partial charge in [0.15, 0.2) is 0 Å². The number of para-hydroxylation sites is 1. The lowest BCUT2D eigenvalue weighted by Crippen LogP contribution is -2.15. The van der Waals surface area contributed by atoms with Crippen LogP contribution >= 0.6 is 0 Å². The number of hydrogen-bond donors (Lipinski definition) is 2. The number of alkyl halides is 3. The molecular weight excluding hydrogens is 319 g/mol. The zero-order valence-electron chi connectivity index (χ0n) is 12.3. The van der Waals surface area contributed by atoms with Gasteiger partial charge in [0.2, 0.25) is 0 Å². The molecular formula is C17H12F3N3O. The Kier molecular flexibility index (Phi) is 3.84. The minimum Gasteiger partial charge on any atom is -0.383 e. The number of nitrogens with zero attached hydrogens (tertiary/aromatic N) is 1. The van der Waals surface area contributed by atoms with Gasteiger partial charge in [0.1, 0.15) is 5.82 Å². The number of benzene rings is 2. The van der Waals surface area contributed by atoms with Crippen LogP contribution in [0.2, 0.25) is 0 Å². The Labute approximate surface area is 135 Å². The lowest BCUT2D eigenvalue weighted by atomic mass is 10.1. The highest BCUT2D eigenvalue weighted by Gasteiger charge is 2.30. The van der Waals surface area contributed by atoms with Gasteiger partial charge in [-0.1, -0.05) is 24.3 Å². The van der Waals surface area contributed by atoms with E-state index in [1.165, 1.54) is 12.1 Å². The van der Waals surface area contributed by atoms with Gasteiger partial charge >= 0.3 is 6.18 Å². The topological polar surface area (TPSA) is 68.0 Å². The number of nitrogens with one attached hydrogen (secondary N) is 1. The van der Waals surface area contributed by atoms with Gasteiger partial charge in [-0.15, -0.1) is 0 Å². The third-order valence-electron chi connectivity index (χ3n) is 3.45. The molecule has 4 nitrogen and oxygen atoms in total. The second-order valence-electron chi connectivity index (χ2n) is 5.15. The Morgan fingerprint density at radius 1 is 1.04 bits per heavy atom. The van der Waals surface area contributed by atoms with Crippen molar-refractivity contribution in [2.45, 2.75) is 6.18 Å². The molecule has 3 rings (SSSR count). The lowest BCUT2D eigenvalue weighted by Gasteiger charge is -2.11. The van der Waals surface area contributed by atoms with Crippen molar-refractivity contribution in [3.63, 3.8) is 0 Å². The van der Waals surface area contributed by atoms with Gasteiger partial charge < -0.3 is 11.1 Å². The van der Waals surface area contributed by atoms with E-state index in [0.717, 1.165) is 12.1 Å². The largest absolute Gasteiger partial charge is 0.416 e. The van der Waals surface area contributed by atoms with Crippen molar-refractivity contribution in [2.24, 2.45) is 0 Å². The molecule has 122 valence electrons. The minimum atomic E-state index is -4.48. The predicted octanol–water partition coefficient (Wildman–Crippen LogP) is 4.09. The van der Waals surface area contributed by atoms with Crippen molar-refractivity contribution in [1.29, 1.82) is 0 Å². The van der Waals surface area contributed by atoms with Gasteiger partial charge in [0.25, 0.3) is 5.91 Å². The zero-order valence-corrected chi connectivity index (χ0v) is 12.3. The summed E-state index contributed by atoms with van der Waals surface area (Å²) in [7, 11) is 0. The van der Waals surface area contributed by atoms with Crippen LogP contribution in [0, 0.1) is 0 Å². The number of rotatable bonds is 2. The quantitative estimate of drug-likeness (QED) is 0.743. The van der Waals surface area contributed by atoms with Gasteiger partial charge in [0, 0.05) is 11.1 Å². The summed E-state index contributed by atoms with van der Waals surface area (Å²) >= 11 is 0. The van der Waals surface area contributed by atoms with Crippen molar-refractivity contribution in [1.82, 2.24) is 4.98 Å². The zero-order chi connectivity index (χ0) is 17.3. The molecule has 3 aromatic rings. The van der Waals surface area contributed by atoms with E-state index in [1.807, 2.05) is 0 Å². The fraction of sp³-hybridized carbons (Fsp3) is 0.0588. The molecule has 0 aliphatic heterocycles. The summed E-state index contributed by atoms with van der Waals surface area (Å²) in [5.41, 5.74) is 5.71. The standard InChI is InChI=1S/C17H12F3N3O/c18-17(19,20)11-5-3-6-12(9-11)22-16(24)13-8-10-4-1-2-7-14(10)23-15(13)21/h1-9H,(H2,21,23)(H,22,24). The molecule has 24 heavy (non-hydrogen) atoms. The summed E-state index contributed by atoms with van der Waals surface area (Å²) in [6.45, 7) is 0. The summed E-state index contributed by atoms with van der Waals surface area (Å²) in [4.78, 5) is 16.5. The normalized spacial score (nSPS) is 11.5. The minimum absolute atomic E-state index is 0.0122. The predicted molar refractivity (Wildman–Crippen MR) is 85.6 cm³/mol. The van der Waals surface area contributed by atoms with Crippen LogP contribution in [0.4, 0.5) is 24.7 Å². The van der Waals surface area contributed by atoms with Crippen LogP contribution in [0.1, 0.15) is 15.9 Å². The number of fused-ring (bicyclic) bond motifs is 1. The highest BCUT2D eigenvalue weighted by atomic mass is 19.4. The van der Waals surface area contributed by atoms with Crippen LogP contribution in [0.3, 0.4) is 0 Å². The maximum Gasteiger partial charge on any atom is 0.416 e. The molecule has 1 aromatic heterocycles. The van der Waals surface area contributed by atoms with Gasteiger partial charge in [-0.05, 0) is 30.3 Å². The Hall–Kier alpha value is -3.09. The number of pyridine rings is 1. The lowest BCUT2D eigenvalue weighted by molar-refractivity contribution is -0.137. The number of halogens is 3. The van der Waals surface area contributed by atoms with Gasteiger partial charge in [-0.25, -0.2) is 4.98 Å². The molecule has 2 aromatic carbocycles. The maximum absolute atomic E-state index is 12.7. The number of hydrogen-bond acceptors (Lipinski definition) is 3. The van der Waals surface area contributed by atoms with Crippen molar-refractivity contribution in [3.05, 3.63) is 65.7 Å². The summed E-state index contributed by atoms with van der Waals surface area (Å²) in [5.74, 6) is -0.608. The van der Waals surface area contributed by atoms with Crippen LogP contribution in [0.15, 0.2) is 54.6 Å². The third kappa shape index (κ3) is 3.15. The first-order chi connectivity index (χ1) is 11.3. The number of nitrogens with two attached hydrogens (primary N) is 1. The van der Waals surface area contributed by atoms with Gasteiger partial charge in [0.05, 0.1) is 16.6 Å². The Morgan fingerprint density at radius 3 is 2.54 bits per heavy atom. The van der Waals surface area contributed by atoms with Crippen LogP contribution in [-0.2, 0) is 6.18 Å². The molecule has 0 saturated heterocycles. The third-order valence-corrected chi connectivity index (χ3v) is 3.45. The SMILES string of the molecule is Nc1nc2ccccc2cc1C(=O)Nc1cccc(C(F)(F)F)c1. The number of aromatic nitrogens is 1. The molecule has 0 spiro atoms. The number of nitrogen functional groups attached to an aromatic ring is 1. The fourth-order valence-corrected chi connectivity index (χ4v) is 2.28. The van der Waals surface area contributed by atoms with Crippen molar-refractivity contribution in [3.8, 4) is 0 Å². The average molecular weight is 331 g/mol. The van der Waals surface area contributed by atoms with Crippen LogP contribution in [-0.4, -0.2) is 10.9 Å². The monoisotopic (exact) mass is 331 g/mol. The molecule has 1 heterocycles. The maximum atomic E-state index is 12.7. The molecule has 7 heteroatoms. The first-order valence-corrected chi connectivity index (χ1v) is 6.98. The molecule has 0 aliphatic rings. The Morgan fingerprint density at radius 2 is 1.79 bits per heavy atom.